The van der Waals surface area contributed by atoms with Gasteiger partial charge in [0.15, 0.2) is 0 Å². The molecule has 0 aromatic heterocycles. The van der Waals surface area contributed by atoms with Gasteiger partial charge in [-0.1, -0.05) is 21.3 Å². The van der Waals surface area contributed by atoms with Crippen molar-refractivity contribution >= 4 is 0 Å². The minimum atomic E-state index is 0. The molecule has 2 aliphatic heterocycles. The molecule has 2 fully saturated rings. The third-order valence-corrected chi connectivity index (χ3v) is 2.89. The van der Waals surface area contributed by atoms with Crippen LogP contribution in [0.1, 0.15) is 40.5 Å². The first kappa shape index (κ1) is 12.9. The van der Waals surface area contributed by atoms with Crippen LogP contribution in [0.25, 0.3) is 0 Å². The van der Waals surface area contributed by atoms with Gasteiger partial charge in [0.1, 0.15) is 0 Å². The molecule has 2 rings (SSSR count). The molecule has 0 bridgehead atoms. The molecule has 13 heavy (non-hydrogen) atoms. The highest BCUT2D eigenvalue weighted by atomic mass is 15.0. The first-order chi connectivity index (χ1) is 5.91. The molecule has 0 aliphatic carbocycles. The summed E-state index contributed by atoms with van der Waals surface area (Å²) in [7, 11) is 0. The molecule has 1 spiro atoms. The van der Waals surface area contributed by atoms with Gasteiger partial charge in [0.05, 0.1) is 0 Å². The minimum absolute atomic E-state index is 0. The van der Waals surface area contributed by atoms with E-state index in [1.807, 2.05) is 13.8 Å². The Morgan fingerprint density at radius 1 is 0.923 bits per heavy atom. The molecule has 2 heterocycles. The zero-order valence-corrected chi connectivity index (χ0v) is 8.45. The van der Waals surface area contributed by atoms with Gasteiger partial charge < -0.3 is 10.6 Å². The third kappa shape index (κ3) is 3.28. The highest BCUT2D eigenvalue weighted by molar-refractivity contribution is 4.91. The van der Waals surface area contributed by atoms with Crippen LogP contribution in [-0.4, -0.2) is 26.2 Å². The molecule has 80 valence electrons. The smallest absolute Gasteiger partial charge is 0.00205 e. The van der Waals surface area contributed by atoms with Gasteiger partial charge in [0.2, 0.25) is 0 Å². The maximum atomic E-state index is 3.48. The van der Waals surface area contributed by atoms with Crippen LogP contribution in [0.2, 0.25) is 0 Å². The SMILES string of the molecule is C.C1CNCC2(C1)CCNC2.CC. The third-order valence-electron chi connectivity index (χ3n) is 2.89. The Bertz CT molecular complexity index is 109. The van der Waals surface area contributed by atoms with Crippen LogP contribution in [-0.2, 0) is 0 Å². The summed E-state index contributed by atoms with van der Waals surface area (Å²) in [5, 5.41) is 6.92. The standard InChI is InChI=1S/C8H16N2.C2H6.CH4/c1-2-8(6-9-4-1)3-5-10-7-8;1-2;/h9-10H,1-7H2;1-2H3;1H4. The summed E-state index contributed by atoms with van der Waals surface area (Å²) in [5.74, 6) is 0. The molecule has 2 aliphatic rings. The van der Waals surface area contributed by atoms with Crippen LogP contribution < -0.4 is 10.6 Å². The normalized spacial score (nSPS) is 31.8. The topological polar surface area (TPSA) is 24.1 Å². The quantitative estimate of drug-likeness (QED) is 0.605. The number of hydrogen-bond donors (Lipinski definition) is 2. The predicted molar refractivity (Wildman–Crippen MR) is 60.1 cm³/mol. The van der Waals surface area contributed by atoms with Crippen LogP contribution in [0.15, 0.2) is 0 Å². The highest BCUT2D eigenvalue weighted by Gasteiger charge is 2.34. The Balaban J connectivity index is 0.000000451. The molecule has 2 heteroatoms. The molecule has 0 aromatic rings. The maximum absolute atomic E-state index is 3.48. The van der Waals surface area contributed by atoms with Crippen LogP contribution in [0.5, 0.6) is 0 Å². The Morgan fingerprint density at radius 3 is 1.92 bits per heavy atom. The van der Waals surface area contributed by atoms with Gasteiger partial charge in [0, 0.05) is 13.1 Å². The fourth-order valence-electron chi connectivity index (χ4n) is 2.19. The molecule has 0 amide bonds. The van der Waals surface area contributed by atoms with Crippen molar-refractivity contribution < 1.29 is 0 Å². The summed E-state index contributed by atoms with van der Waals surface area (Å²) in [6.07, 6.45) is 4.20. The Labute approximate surface area is 83.5 Å². The molecular formula is C11H26N2. The van der Waals surface area contributed by atoms with E-state index in [-0.39, 0.29) is 7.43 Å². The fourth-order valence-corrected chi connectivity index (χ4v) is 2.19. The lowest BCUT2D eigenvalue weighted by molar-refractivity contribution is 0.236. The van der Waals surface area contributed by atoms with E-state index in [4.69, 9.17) is 0 Å². The van der Waals surface area contributed by atoms with Crippen molar-refractivity contribution in [2.45, 2.75) is 40.5 Å². The molecule has 1 atom stereocenters. The highest BCUT2D eigenvalue weighted by Crippen LogP contribution is 2.31. The van der Waals surface area contributed by atoms with Gasteiger partial charge in [0.25, 0.3) is 0 Å². The first-order valence-corrected chi connectivity index (χ1v) is 5.33. The average molecular weight is 186 g/mol. The van der Waals surface area contributed by atoms with Crippen LogP contribution in [0, 0.1) is 5.41 Å². The van der Waals surface area contributed by atoms with Gasteiger partial charge in [-0.15, -0.1) is 0 Å². The summed E-state index contributed by atoms with van der Waals surface area (Å²) >= 11 is 0. The lowest BCUT2D eigenvalue weighted by Gasteiger charge is -2.32. The summed E-state index contributed by atoms with van der Waals surface area (Å²) in [6.45, 7) is 8.98. The predicted octanol–water partition coefficient (Wildman–Crippen LogP) is 2.01. The van der Waals surface area contributed by atoms with Gasteiger partial charge in [-0.2, -0.15) is 0 Å². The van der Waals surface area contributed by atoms with E-state index >= 15 is 0 Å². The van der Waals surface area contributed by atoms with Crippen LogP contribution >= 0.6 is 0 Å². The van der Waals surface area contributed by atoms with Gasteiger partial charge in [-0.05, 0) is 37.8 Å². The number of hydrogen-bond acceptors (Lipinski definition) is 2. The van der Waals surface area contributed by atoms with E-state index < -0.39 is 0 Å². The van der Waals surface area contributed by atoms with Crippen LogP contribution in [0.4, 0.5) is 0 Å². The minimum Gasteiger partial charge on any atom is -0.316 e. The molecule has 0 radical (unpaired) electrons. The molecule has 1 unspecified atom stereocenters. The van der Waals surface area contributed by atoms with Crippen molar-refractivity contribution in [3.63, 3.8) is 0 Å². The van der Waals surface area contributed by atoms with E-state index in [0.29, 0.717) is 5.41 Å². The number of nitrogens with one attached hydrogen (secondary N) is 2. The molecule has 2 saturated heterocycles. The lowest BCUT2D eigenvalue weighted by Crippen LogP contribution is -2.41. The van der Waals surface area contributed by atoms with Gasteiger partial charge in [-0.3, -0.25) is 0 Å². The molecule has 2 N–H and O–H groups in total. The second-order valence-corrected chi connectivity index (χ2v) is 3.71. The zero-order valence-electron chi connectivity index (χ0n) is 8.45. The fraction of sp³-hybridized carbons (Fsp3) is 1.00. The second kappa shape index (κ2) is 6.39. The molecule has 2 nitrogen and oxygen atoms in total. The van der Waals surface area contributed by atoms with Crippen molar-refractivity contribution in [1.82, 2.24) is 10.6 Å². The number of rotatable bonds is 0. The van der Waals surface area contributed by atoms with E-state index in [1.54, 1.807) is 0 Å². The first-order valence-electron chi connectivity index (χ1n) is 5.33. The van der Waals surface area contributed by atoms with E-state index in [2.05, 4.69) is 10.6 Å². The monoisotopic (exact) mass is 186 g/mol. The second-order valence-electron chi connectivity index (χ2n) is 3.71. The summed E-state index contributed by atoms with van der Waals surface area (Å²) in [6, 6.07) is 0. The summed E-state index contributed by atoms with van der Waals surface area (Å²) < 4.78 is 0. The maximum Gasteiger partial charge on any atom is 0.00205 e. The Hall–Kier alpha value is -0.0800. The average Bonchev–Trinajstić information content (AvgIpc) is 2.58. The zero-order chi connectivity index (χ0) is 8.86. The number of piperidine rings is 1. The van der Waals surface area contributed by atoms with E-state index in [9.17, 15) is 0 Å². The van der Waals surface area contributed by atoms with Crippen molar-refractivity contribution in [2.75, 3.05) is 26.2 Å². The van der Waals surface area contributed by atoms with Gasteiger partial charge >= 0.3 is 0 Å². The lowest BCUT2D eigenvalue weighted by atomic mass is 9.80. The Morgan fingerprint density at radius 2 is 1.54 bits per heavy atom. The van der Waals surface area contributed by atoms with Crippen molar-refractivity contribution in [1.29, 1.82) is 0 Å². The summed E-state index contributed by atoms with van der Waals surface area (Å²) in [5.41, 5.74) is 0.651. The van der Waals surface area contributed by atoms with E-state index in [1.165, 1.54) is 45.4 Å². The van der Waals surface area contributed by atoms with Crippen molar-refractivity contribution in [2.24, 2.45) is 5.41 Å². The molecular weight excluding hydrogens is 160 g/mol. The molecule has 0 aromatic carbocycles. The largest absolute Gasteiger partial charge is 0.316 e. The Kier molecular flexibility index (Phi) is 6.35. The summed E-state index contributed by atoms with van der Waals surface area (Å²) in [4.78, 5) is 0. The van der Waals surface area contributed by atoms with Crippen LogP contribution in [0.3, 0.4) is 0 Å². The van der Waals surface area contributed by atoms with E-state index in [0.717, 1.165) is 0 Å². The van der Waals surface area contributed by atoms with Crippen molar-refractivity contribution in [3.05, 3.63) is 0 Å². The van der Waals surface area contributed by atoms with Gasteiger partial charge in [-0.25, -0.2) is 0 Å². The van der Waals surface area contributed by atoms with Crippen molar-refractivity contribution in [3.8, 4) is 0 Å². The molecule has 0 saturated carbocycles.